The van der Waals surface area contributed by atoms with Crippen molar-refractivity contribution >= 4 is 5.91 Å². The average molecular weight is 245 g/mol. The van der Waals surface area contributed by atoms with Crippen LogP contribution in [0.25, 0.3) is 11.3 Å². The summed E-state index contributed by atoms with van der Waals surface area (Å²) in [6.45, 7) is -0.0996. The molecule has 2 aromatic rings. The Kier molecular flexibility index (Phi) is 3.34. The minimum atomic E-state index is -0.492. The summed E-state index contributed by atoms with van der Waals surface area (Å²) in [7, 11) is 0. The number of nitrogens with zero attached hydrogens (tertiary/aromatic N) is 2. The lowest BCUT2D eigenvalue weighted by Gasteiger charge is -1.94. The van der Waals surface area contributed by atoms with Crippen molar-refractivity contribution in [1.29, 1.82) is 5.26 Å². The molecule has 90 valence electrons. The Labute approximate surface area is 102 Å². The van der Waals surface area contributed by atoms with Crippen molar-refractivity contribution in [3.63, 3.8) is 0 Å². The Balaban J connectivity index is 2.18. The first kappa shape index (κ1) is 11.8. The van der Waals surface area contributed by atoms with Gasteiger partial charge in [0.1, 0.15) is 12.4 Å². The van der Waals surface area contributed by atoms with Gasteiger partial charge in [0, 0.05) is 11.6 Å². The van der Waals surface area contributed by atoms with Gasteiger partial charge in [0.25, 0.3) is 5.91 Å². The van der Waals surface area contributed by atoms with E-state index >= 15 is 0 Å². The van der Waals surface area contributed by atoms with Crippen molar-refractivity contribution in [2.24, 2.45) is 0 Å². The van der Waals surface area contributed by atoms with Crippen LogP contribution in [0.15, 0.2) is 34.9 Å². The smallest absolute Gasteiger partial charge is 0.274 e. The zero-order valence-corrected chi connectivity index (χ0v) is 9.18. The van der Waals surface area contributed by atoms with Gasteiger partial charge in [0.05, 0.1) is 6.07 Å². The van der Waals surface area contributed by atoms with E-state index in [0.717, 1.165) is 0 Å². The molecule has 1 amide bonds. The summed E-state index contributed by atoms with van der Waals surface area (Å²) < 4.78 is 17.7. The van der Waals surface area contributed by atoms with Crippen LogP contribution in [-0.4, -0.2) is 17.6 Å². The quantitative estimate of drug-likeness (QED) is 0.835. The van der Waals surface area contributed by atoms with Gasteiger partial charge in [0.2, 0.25) is 0 Å². The summed E-state index contributed by atoms with van der Waals surface area (Å²) in [6.07, 6.45) is 0. The van der Waals surface area contributed by atoms with Crippen LogP contribution in [0.4, 0.5) is 4.39 Å². The van der Waals surface area contributed by atoms with Gasteiger partial charge in [0.15, 0.2) is 11.5 Å². The molecule has 1 N–H and O–H groups in total. The second-order valence-corrected chi connectivity index (χ2v) is 3.42. The van der Waals surface area contributed by atoms with Gasteiger partial charge in [-0.05, 0) is 24.3 Å². The molecule has 0 radical (unpaired) electrons. The largest absolute Gasteiger partial charge is 0.355 e. The SMILES string of the molecule is N#CCNC(=O)c1cc(-c2ccc(F)cc2)on1. The highest BCUT2D eigenvalue weighted by molar-refractivity contribution is 5.93. The van der Waals surface area contributed by atoms with Crippen molar-refractivity contribution in [2.45, 2.75) is 0 Å². The van der Waals surface area contributed by atoms with E-state index in [1.54, 1.807) is 6.07 Å². The third-order valence-electron chi connectivity index (χ3n) is 2.20. The number of nitrogens with one attached hydrogen (secondary N) is 1. The molecular formula is C12H8FN3O2. The second kappa shape index (κ2) is 5.10. The summed E-state index contributed by atoms with van der Waals surface area (Å²) in [6, 6.07) is 8.82. The third kappa shape index (κ3) is 2.52. The van der Waals surface area contributed by atoms with Gasteiger partial charge in [-0.25, -0.2) is 4.39 Å². The number of carbonyl (C=O) groups is 1. The van der Waals surface area contributed by atoms with Gasteiger partial charge >= 0.3 is 0 Å². The molecule has 0 saturated carbocycles. The molecule has 5 nitrogen and oxygen atoms in total. The standard InChI is InChI=1S/C12H8FN3O2/c13-9-3-1-8(2-4-9)11-7-10(16-18-11)12(17)15-6-5-14/h1-4,7H,6H2,(H,15,17). The Morgan fingerprint density at radius 2 is 2.17 bits per heavy atom. The number of halogens is 1. The van der Waals surface area contributed by atoms with Gasteiger partial charge < -0.3 is 9.84 Å². The summed E-state index contributed by atoms with van der Waals surface area (Å²) in [5.41, 5.74) is 0.688. The molecule has 6 heteroatoms. The van der Waals surface area contributed by atoms with Crippen LogP contribution in [-0.2, 0) is 0 Å². The number of hydrogen-bond acceptors (Lipinski definition) is 4. The lowest BCUT2D eigenvalue weighted by atomic mass is 10.1. The van der Waals surface area contributed by atoms with E-state index < -0.39 is 5.91 Å². The van der Waals surface area contributed by atoms with Crippen molar-refractivity contribution in [1.82, 2.24) is 10.5 Å². The highest BCUT2D eigenvalue weighted by Crippen LogP contribution is 2.20. The molecule has 0 fully saturated rings. The van der Waals surface area contributed by atoms with Gasteiger partial charge in [-0.15, -0.1) is 0 Å². The van der Waals surface area contributed by atoms with Crippen molar-refractivity contribution in [2.75, 3.05) is 6.54 Å². The molecule has 0 saturated heterocycles. The van der Waals surface area contributed by atoms with Crippen LogP contribution in [0.2, 0.25) is 0 Å². The molecule has 0 aliphatic heterocycles. The van der Waals surface area contributed by atoms with E-state index in [0.29, 0.717) is 11.3 Å². The number of nitriles is 1. The van der Waals surface area contributed by atoms with Crippen LogP contribution in [0.1, 0.15) is 10.5 Å². The maximum absolute atomic E-state index is 12.7. The van der Waals surface area contributed by atoms with E-state index in [2.05, 4.69) is 10.5 Å². The molecule has 0 spiro atoms. The third-order valence-corrected chi connectivity index (χ3v) is 2.20. The monoisotopic (exact) mass is 245 g/mol. The molecule has 18 heavy (non-hydrogen) atoms. The Bertz CT molecular complexity index is 599. The van der Waals surface area contributed by atoms with Gasteiger partial charge in [-0.1, -0.05) is 5.16 Å². The van der Waals surface area contributed by atoms with E-state index in [9.17, 15) is 9.18 Å². The van der Waals surface area contributed by atoms with E-state index in [-0.39, 0.29) is 18.1 Å². The maximum Gasteiger partial charge on any atom is 0.274 e. The van der Waals surface area contributed by atoms with Crippen LogP contribution >= 0.6 is 0 Å². The summed E-state index contributed by atoms with van der Waals surface area (Å²) >= 11 is 0. The number of carbonyl (C=O) groups excluding carboxylic acids is 1. The molecule has 0 atom stereocenters. The Hall–Kier alpha value is -2.68. The minimum absolute atomic E-state index is 0.0737. The molecule has 1 aromatic heterocycles. The Morgan fingerprint density at radius 1 is 1.44 bits per heavy atom. The van der Waals surface area contributed by atoms with Crippen LogP contribution < -0.4 is 5.32 Å². The lowest BCUT2D eigenvalue weighted by molar-refractivity contribution is 0.0949. The topological polar surface area (TPSA) is 78.9 Å². The van der Waals surface area contributed by atoms with Crippen molar-refractivity contribution in [3.8, 4) is 17.4 Å². The molecule has 2 rings (SSSR count). The molecular weight excluding hydrogens is 237 g/mol. The predicted octanol–water partition coefficient (Wildman–Crippen LogP) is 1.73. The number of amides is 1. The second-order valence-electron chi connectivity index (χ2n) is 3.42. The average Bonchev–Trinajstić information content (AvgIpc) is 2.86. The zero-order chi connectivity index (χ0) is 13.0. The highest BCUT2D eigenvalue weighted by Gasteiger charge is 2.13. The normalized spacial score (nSPS) is 9.78. The van der Waals surface area contributed by atoms with E-state index in [1.165, 1.54) is 30.3 Å². The fourth-order valence-electron chi connectivity index (χ4n) is 1.34. The predicted molar refractivity (Wildman–Crippen MR) is 59.8 cm³/mol. The number of benzene rings is 1. The summed E-state index contributed by atoms with van der Waals surface area (Å²) in [5.74, 6) is -0.490. The number of aromatic nitrogens is 1. The first-order chi connectivity index (χ1) is 8.70. The highest BCUT2D eigenvalue weighted by atomic mass is 19.1. The maximum atomic E-state index is 12.7. The van der Waals surface area contributed by atoms with E-state index in [1.807, 2.05) is 0 Å². The Morgan fingerprint density at radius 3 is 2.83 bits per heavy atom. The number of rotatable bonds is 3. The fraction of sp³-hybridized carbons (Fsp3) is 0.0833. The first-order valence-corrected chi connectivity index (χ1v) is 5.08. The van der Waals surface area contributed by atoms with Crippen LogP contribution in [0.3, 0.4) is 0 Å². The molecule has 1 heterocycles. The summed E-state index contributed by atoms with van der Waals surface area (Å²) in [4.78, 5) is 11.5. The molecule has 1 aromatic carbocycles. The van der Waals surface area contributed by atoms with Crippen molar-refractivity contribution in [3.05, 3.63) is 41.8 Å². The van der Waals surface area contributed by atoms with Gasteiger partial charge in [-0.2, -0.15) is 5.26 Å². The molecule has 0 aliphatic carbocycles. The van der Waals surface area contributed by atoms with Crippen LogP contribution in [0.5, 0.6) is 0 Å². The van der Waals surface area contributed by atoms with E-state index in [4.69, 9.17) is 9.78 Å². The zero-order valence-electron chi connectivity index (χ0n) is 9.18. The van der Waals surface area contributed by atoms with Crippen LogP contribution in [0, 0.1) is 17.1 Å². The minimum Gasteiger partial charge on any atom is -0.355 e. The first-order valence-electron chi connectivity index (χ1n) is 5.08. The lowest BCUT2D eigenvalue weighted by Crippen LogP contribution is -2.23. The summed E-state index contributed by atoms with van der Waals surface area (Å²) in [5, 5.41) is 14.2. The van der Waals surface area contributed by atoms with Crippen molar-refractivity contribution < 1.29 is 13.7 Å². The molecule has 0 unspecified atom stereocenters. The molecule has 0 aliphatic rings. The fourth-order valence-corrected chi connectivity index (χ4v) is 1.34. The molecule has 0 bridgehead atoms. The van der Waals surface area contributed by atoms with Gasteiger partial charge in [-0.3, -0.25) is 4.79 Å². The number of hydrogen-bond donors (Lipinski definition) is 1.